The van der Waals surface area contributed by atoms with Crippen molar-refractivity contribution in [3.8, 4) is 0 Å². The zero-order valence-electron chi connectivity index (χ0n) is 14.2. The highest BCUT2D eigenvalue weighted by Gasteiger charge is 2.08. The highest BCUT2D eigenvalue weighted by molar-refractivity contribution is 7.88. The molecule has 1 aromatic rings. The summed E-state index contributed by atoms with van der Waals surface area (Å²) in [5.74, 6) is 0.768. The number of hydrogen-bond acceptors (Lipinski definition) is 3. The lowest BCUT2D eigenvalue weighted by Crippen LogP contribution is -2.37. The van der Waals surface area contributed by atoms with Crippen LogP contribution >= 0.6 is 0 Å². The largest absolute Gasteiger partial charge is 0.357 e. The number of nitrogens with zero attached hydrogens (tertiary/aromatic N) is 1. The monoisotopic (exact) mass is 340 g/mol. The Morgan fingerprint density at radius 3 is 2.57 bits per heavy atom. The van der Waals surface area contributed by atoms with E-state index in [-0.39, 0.29) is 5.75 Å². The Labute approximate surface area is 139 Å². The van der Waals surface area contributed by atoms with Gasteiger partial charge in [-0.25, -0.2) is 18.1 Å². The van der Waals surface area contributed by atoms with Crippen LogP contribution in [0.2, 0.25) is 0 Å². The molecular formula is C16H28N4O2S. The fourth-order valence-electron chi connectivity index (χ4n) is 2.01. The maximum absolute atomic E-state index is 11.6. The lowest BCUT2D eigenvalue weighted by atomic mass is 10.1. The van der Waals surface area contributed by atoms with Gasteiger partial charge in [-0.05, 0) is 31.5 Å². The number of unbranched alkanes of at least 4 members (excludes halogenated alkanes) is 1. The number of benzene rings is 1. The van der Waals surface area contributed by atoms with E-state index >= 15 is 0 Å². The van der Waals surface area contributed by atoms with Gasteiger partial charge in [0.2, 0.25) is 10.0 Å². The third kappa shape index (κ3) is 7.99. The summed E-state index contributed by atoms with van der Waals surface area (Å²) in [5, 5.41) is 6.49. The lowest BCUT2D eigenvalue weighted by Gasteiger charge is -2.11. The van der Waals surface area contributed by atoms with E-state index in [1.807, 2.05) is 31.2 Å². The Morgan fingerprint density at radius 2 is 1.91 bits per heavy atom. The van der Waals surface area contributed by atoms with Crippen molar-refractivity contribution in [3.63, 3.8) is 0 Å². The molecule has 0 aliphatic heterocycles. The molecule has 6 nitrogen and oxygen atoms in total. The first-order chi connectivity index (χ1) is 11.0. The number of rotatable bonds is 9. The van der Waals surface area contributed by atoms with Crippen molar-refractivity contribution in [1.82, 2.24) is 15.4 Å². The van der Waals surface area contributed by atoms with Crippen LogP contribution in [0.25, 0.3) is 0 Å². The van der Waals surface area contributed by atoms with E-state index in [1.54, 1.807) is 0 Å². The van der Waals surface area contributed by atoms with Gasteiger partial charge in [0.15, 0.2) is 5.96 Å². The van der Waals surface area contributed by atoms with Crippen molar-refractivity contribution in [1.29, 1.82) is 0 Å². The van der Waals surface area contributed by atoms with Gasteiger partial charge in [-0.2, -0.15) is 0 Å². The Kier molecular flexibility index (Phi) is 8.65. The molecule has 0 atom stereocenters. The van der Waals surface area contributed by atoms with Gasteiger partial charge in [-0.15, -0.1) is 0 Å². The van der Waals surface area contributed by atoms with Gasteiger partial charge >= 0.3 is 0 Å². The van der Waals surface area contributed by atoms with Crippen LogP contribution in [0.4, 0.5) is 0 Å². The van der Waals surface area contributed by atoms with Crippen molar-refractivity contribution in [3.05, 3.63) is 35.4 Å². The Bertz CT molecular complexity index is 600. The molecule has 0 unspecified atom stereocenters. The minimum Gasteiger partial charge on any atom is -0.357 e. The Balaban J connectivity index is 2.72. The molecule has 0 heterocycles. The van der Waals surface area contributed by atoms with Crippen molar-refractivity contribution in [2.75, 3.05) is 20.1 Å². The molecule has 0 saturated heterocycles. The highest BCUT2D eigenvalue weighted by atomic mass is 32.2. The highest BCUT2D eigenvalue weighted by Crippen LogP contribution is 2.09. The van der Waals surface area contributed by atoms with E-state index in [2.05, 4.69) is 27.3 Å². The molecule has 0 aromatic heterocycles. The van der Waals surface area contributed by atoms with Gasteiger partial charge in [0, 0.05) is 13.1 Å². The topological polar surface area (TPSA) is 82.6 Å². The molecule has 0 fully saturated rings. The summed E-state index contributed by atoms with van der Waals surface area (Å²) in [7, 11) is -1.83. The molecule has 3 N–H and O–H groups in total. The fourth-order valence-corrected chi connectivity index (χ4v) is 2.77. The third-order valence-electron chi connectivity index (χ3n) is 3.25. The predicted molar refractivity (Wildman–Crippen MR) is 95.9 cm³/mol. The second kappa shape index (κ2) is 10.2. The van der Waals surface area contributed by atoms with Crippen LogP contribution in [0.3, 0.4) is 0 Å². The molecule has 0 spiro atoms. The van der Waals surface area contributed by atoms with Gasteiger partial charge in [0.25, 0.3) is 0 Å². The third-order valence-corrected chi connectivity index (χ3v) is 4.58. The average molecular weight is 340 g/mol. The normalized spacial score (nSPS) is 12.2. The minimum absolute atomic E-state index is 0.0180. The first-order valence-electron chi connectivity index (χ1n) is 8.02. The number of aliphatic imine (C=N–C) groups is 1. The summed E-state index contributed by atoms with van der Waals surface area (Å²) in [4.78, 5) is 4.54. The van der Waals surface area contributed by atoms with Crippen LogP contribution in [-0.4, -0.2) is 34.5 Å². The zero-order valence-corrected chi connectivity index (χ0v) is 15.0. The fraction of sp³-hybridized carbons (Fsp3) is 0.562. The van der Waals surface area contributed by atoms with E-state index in [9.17, 15) is 8.42 Å². The molecule has 0 amide bonds. The SMILES string of the molecule is CCCCNC(=NCc1cccc(CS(=O)(=O)NC)c1)NCC. The summed E-state index contributed by atoms with van der Waals surface area (Å²) in [6.07, 6.45) is 2.23. The van der Waals surface area contributed by atoms with Gasteiger partial charge < -0.3 is 10.6 Å². The van der Waals surface area contributed by atoms with Gasteiger partial charge in [0.1, 0.15) is 0 Å². The Morgan fingerprint density at radius 1 is 1.17 bits per heavy atom. The van der Waals surface area contributed by atoms with E-state index in [0.29, 0.717) is 6.54 Å². The predicted octanol–water partition coefficient (Wildman–Crippen LogP) is 1.59. The molecule has 1 rings (SSSR count). The molecule has 1 aromatic carbocycles. The number of nitrogens with one attached hydrogen (secondary N) is 3. The van der Waals surface area contributed by atoms with Gasteiger partial charge in [0.05, 0.1) is 12.3 Å². The summed E-state index contributed by atoms with van der Waals surface area (Å²) < 4.78 is 25.6. The first kappa shape index (κ1) is 19.4. The second-order valence-electron chi connectivity index (χ2n) is 5.26. The molecular weight excluding hydrogens is 312 g/mol. The van der Waals surface area contributed by atoms with Crippen LogP contribution in [-0.2, 0) is 22.3 Å². The summed E-state index contributed by atoms with van der Waals surface area (Å²) in [5.41, 5.74) is 1.75. The minimum atomic E-state index is -3.25. The van der Waals surface area contributed by atoms with Crippen LogP contribution in [0.5, 0.6) is 0 Å². The maximum atomic E-state index is 11.6. The lowest BCUT2D eigenvalue weighted by molar-refractivity contribution is 0.587. The van der Waals surface area contributed by atoms with E-state index in [4.69, 9.17) is 0 Å². The van der Waals surface area contributed by atoms with E-state index in [0.717, 1.165) is 43.0 Å². The van der Waals surface area contributed by atoms with Crippen LogP contribution < -0.4 is 15.4 Å². The smallest absolute Gasteiger partial charge is 0.215 e. The van der Waals surface area contributed by atoms with E-state index < -0.39 is 10.0 Å². The molecule has 130 valence electrons. The molecule has 0 radical (unpaired) electrons. The van der Waals surface area contributed by atoms with Crippen molar-refractivity contribution < 1.29 is 8.42 Å². The zero-order chi connectivity index (χ0) is 17.1. The number of hydrogen-bond donors (Lipinski definition) is 3. The molecule has 7 heteroatoms. The standard InChI is InChI=1S/C16H28N4O2S/c1-4-6-10-19-16(18-5-2)20-12-14-8-7-9-15(11-14)13-23(21,22)17-3/h7-9,11,17H,4-6,10,12-13H2,1-3H3,(H2,18,19,20). The van der Waals surface area contributed by atoms with Crippen LogP contribution in [0.1, 0.15) is 37.8 Å². The summed E-state index contributed by atoms with van der Waals surface area (Å²) in [6.45, 7) is 6.38. The van der Waals surface area contributed by atoms with Crippen LogP contribution in [0, 0.1) is 0 Å². The van der Waals surface area contributed by atoms with Crippen molar-refractivity contribution in [2.24, 2.45) is 4.99 Å². The van der Waals surface area contributed by atoms with Crippen LogP contribution in [0.15, 0.2) is 29.3 Å². The molecule has 0 aliphatic rings. The number of guanidine groups is 1. The van der Waals surface area contributed by atoms with Gasteiger partial charge in [-0.1, -0.05) is 37.6 Å². The average Bonchev–Trinajstić information content (AvgIpc) is 2.53. The summed E-state index contributed by atoms with van der Waals surface area (Å²) >= 11 is 0. The summed E-state index contributed by atoms with van der Waals surface area (Å²) in [6, 6.07) is 7.51. The second-order valence-corrected chi connectivity index (χ2v) is 7.19. The first-order valence-corrected chi connectivity index (χ1v) is 9.67. The maximum Gasteiger partial charge on any atom is 0.215 e. The van der Waals surface area contributed by atoms with Gasteiger partial charge in [-0.3, -0.25) is 0 Å². The van der Waals surface area contributed by atoms with E-state index in [1.165, 1.54) is 7.05 Å². The Hall–Kier alpha value is -1.60. The van der Waals surface area contributed by atoms with Crippen molar-refractivity contribution in [2.45, 2.75) is 39.0 Å². The molecule has 0 bridgehead atoms. The molecule has 23 heavy (non-hydrogen) atoms. The quantitative estimate of drug-likeness (QED) is 0.362. The molecule has 0 aliphatic carbocycles. The number of sulfonamides is 1. The molecule has 0 saturated carbocycles. The van der Waals surface area contributed by atoms with Crippen molar-refractivity contribution >= 4 is 16.0 Å².